The van der Waals surface area contributed by atoms with Crippen LogP contribution in [0.3, 0.4) is 0 Å². The number of hydrogen-bond acceptors (Lipinski definition) is 4. The Kier molecular flexibility index (Phi) is 3.42. The van der Waals surface area contributed by atoms with Crippen LogP contribution in [0.4, 0.5) is 0 Å². The van der Waals surface area contributed by atoms with Gasteiger partial charge in [0.2, 0.25) is 0 Å². The van der Waals surface area contributed by atoms with Crippen LogP contribution in [0.15, 0.2) is 18.2 Å². The summed E-state index contributed by atoms with van der Waals surface area (Å²) in [5.74, 6) is -0.128. The van der Waals surface area contributed by atoms with E-state index in [1.165, 1.54) is 0 Å². The zero-order valence-corrected chi connectivity index (χ0v) is 9.60. The van der Waals surface area contributed by atoms with Crippen molar-refractivity contribution in [2.75, 3.05) is 13.6 Å². The topological polar surface area (TPSA) is 81.6 Å². The summed E-state index contributed by atoms with van der Waals surface area (Å²) in [6.07, 6.45) is -1.87. The van der Waals surface area contributed by atoms with Crippen LogP contribution < -0.4 is 10.6 Å². The third kappa shape index (κ3) is 2.31. The minimum absolute atomic E-state index is 0.128. The van der Waals surface area contributed by atoms with Crippen LogP contribution in [0.2, 0.25) is 0 Å². The third-order valence-electron chi connectivity index (χ3n) is 2.94. The molecule has 2 unspecified atom stereocenters. The highest BCUT2D eigenvalue weighted by Crippen LogP contribution is 2.23. The second-order valence-electron chi connectivity index (χ2n) is 4.17. The number of aliphatic hydroxyl groups excluding tert-OH is 2. The fourth-order valence-corrected chi connectivity index (χ4v) is 1.96. The summed E-state index contributed by atoms with van der Waals surface area (Å²) in [4.78, 5) is 11.5. The Morgan fingerprint density at radius 3 is 2.94 bits per heavy atom. The highest BCUT2D eigenvalue weighted by Gasteiger charge is 2.23. The predicted octanol–water partition coefficient (Wildman–Crippen LogP) is -0.456. The van der Waals surface area contributed by atoms with Crippen LogP contribution in [0, 0.1) is 0 Å². The van der Waals surface area contributed by atoms with Gasteiger partial charge in [-0.2, -0.15) is 0 Å². The SMILES string of the molecule is CNCC(O)C(O)c1ccc2c(c1)C(=O)NC2. The van der Waals surface area contributed by atoms with Crippen LogP contribution >= 0.6 is 0 Å². The van der Waals surface area contributed by atoms with E-state index < -0.39 is 12.2 Å². The average Bonchev–Trinajstić information content (AvgIpc) is 2.70. The van der Waals surface area contributed by atoms with Gasteiger partial charge in [0.25, 0.3) is 5.91 Å². The molecule has 0 radical (unpaired) electrons. The van der Waals surface area contributed by atoms with Crippen molar-refractivity contribution in [2.24, 2.45) is 0 Å². The Bertz CT molecular complexity index is 434. The number of carbonyl (C=O) groups excluding carboxylic acids is 1. The van der Waals surface area contributed by atoms with Gasteiger partial charge in [-0.3, -0.25) is 4.79 Å². The molecule has 0 bridgehead atoms. The number of fused-ring (bicyclic) bond motifs is 1. The summed E-state index contributed by atoms with van der Waals surface area (Å²) >= 11 is 0. The zero-order chi connectivity index (χ0) is 12.4. The van der Waals surface area contributed by atoms with Crippen LogP contribution in [0.5, 0.6) is 0 Å². The van der Waals surface area contributed by atoms with Gasteiger partial charge in [0.15, 0.2) is 0 Å². The molecule has 1 aliphatic rings. The van der Waals surface area contributed by atoms with Crippen molar-refractivity contribution >= 4 is 5.91 Å². The number of rotatable bonds is 4. The quantitative estimate of drug-likeness (QED) is 0.570. The number of carbonyl (C=O) groups is 1. The van der Waals surface area contributed by atoms with Crippen molar-refractivity contribution in [1.29, 1.82) is 0 Å². The van der Waals surface area contributed by atoms with Crippen molar-refractivity contribution in [1.82, 2.24) is 10.6 Å². The summed E-state index contributed by atoms with van der Waals surface area (Å²) in [5.41, 5.74) is 2.07. The lowest BCUT2D eigenvalue weighted by atomic mass is 9.99. The van der Waals surface area contributed by atoms with Crippen LogP contribution in [-0.2, 0) is 6.54 Å². The van der Waals surface area contributed by atoms with Gasteiger partial charge in [0.1, 0.15) is 6.10 Å². The van der Waals surface area contributed by atoms with E-state index in [0.717, 1.165) is 5.56 Å². The smallest absolute Gasteiger partial charge is 0.251 e. The lowest BCUT2D eigenvalue weighted by molar-refractivity contribution is 0.0202. The van der Waals surface area contributed by atoms with E-state index in [4.69, 9.17) is 0 Å². The van der Waals surface area contributed by atoms with Gasteiger partial charge in [0, 0.05) is 18.7 Å². The van der Waals surface area contributed by atoms with Gasteiger partial charge < -0.3 is 20.8 Å². The molecule has 2 rings (SSSR count). The first kappa shape index (κ1) is 12.0. The highest BCUT2D eigenvalue weighted by molar-refractivity contribution is 5.98. The first-order valence-corrected chi connectivity index (χ1v) is 5.55. The van der Waals surface area contributed by atoms with Gasteiger partial charge in [-0.1, -0.05) is 12.1 Å². The van der Waals surface area contributed by atoms with Gasteiger partial charge in [0.05, 0.1) is 6.10 Å². The molecule has 1 aromatic rings. The number of aliphatic hydroxyl groups is 2. The molecule has 0 saturated carbocycles. The van der Waals surface area contributed by atoms with E-state index in [0.29, 0.717) is 24.2 Å². The van der Waals surface area contributed by atoms with Crippen LogP contribution in [0.1, 0.15) is 27.6 Å². The summed E-state index contributed by atoms with van der Waals surface area (Å²) in [5, 5.41) is 25.1. The standard InChI is InChI=1S/C12H16N2O3/c1-13-6-10(15)11(16)7-2-3-8-5-14-12(17)9(8)4-7/h2-4,10-11,13,15-16H,5-6H2,1H3,(H,14,17). The molecule has 1 amide bonds. The summed E-state index contributed by atoms with van der Waals surface area (Å²) < 4.78 is 0. The molecule has 0 aliphatic carbocycles. The van der Waals surface area contributed by atoms with E-state index >= 15 is 0 Å². The van der Waals surface area contributed by atoms with Crippen molar-refractivity contribution in [3.63, 3.8) is 0 Å². The summed E-state index contributed by atoms with van der Waals surface area (Å²) in [6, 6.07) is 5.18. The Hall–Kier alpha value is -1.43. The fraction of sp³-hybridized carbons (Fsp3) is 0.417. The Morgan fingerprint density at radius 2 is 2.24 bits per heavy atom. The molecule has 4 N–H and O–H groups in total. The third-order valence-corrected chi connectivity index (χ3v) is 2.94. The van der Waals surface area contributed by atoms with Gasteiger partial charge >= 0.3 is 0 Å². The summed E-state index contributed by atoms with van der Waals surface area (Å²) in [7, 11) is 1.70. The van der Waals surface area contributed by atoms with E-state index in [-0.39, 0.29) is 5.91 Å². The zero-order valence-electron chi connectivity index (χ0n) is 9.60. The van der Waals surface area contributed by atoms with Crippen LogP contribution in [-0.4, -0.2) is 35.8 Å². The molecule has 17 heavy (non-hydrogen) atoms. The summed E-state index contributed by atoms with van der Waals surface area (Å²) in [6.45, 7) is 0.827. The molecular weight excluding hydrogens is 220 g/mol. The predicted molar refractivity (Wildman–Crippen MR) is 62.5 cm³/mol. The second-order valence-corrected chi connectivity index (χ2v) is 4.17. The molecule has 5 heteroatoms. The first-order chi connectivity index (χ1) is 8.13. The minimum Gasteiger partial charge on any atom is -0.389 e. The first-order valence-electron chi connectivity index (χ1n) is 5.55. The average molecular weight is 236 g/mol. The Balaban J connectivity index is 2.22. The number of likely N-dealkylation sites (N-methyl/N-ethyl adjacent to an activating group) is 1. The Labute approximate surface area is 99.5 Å². The number of amides is 1. The lowest BCUT2D eigenvalue weighted by Crippen LogP contribution is -2.29. The Morgan fingerprint density at radius 1 is 1.47 bits per heavy atom. The van der Waals surface area contributed by atoms with Gasteiger partial charge in [-0.15, -0.1) is 0 Å². The molecule has 2 atom stereocenters. The molecule has 92 valence electrons. The number of hydrogen-bond donors (Lipinski definition) is 4. The second kappa shape index (κ2) is 4.83. The molecule has 0 aromatic heterocycles. The fourth-order valence-electron chi connectivity index (χ4n) is 1.96. The number of nitrogens with one attached hydrogen (secondary N) is 2. The molecule has 1 aliphatic heterocycles. The molecule has 0 saturated heterocycles. The number of benzene rings is 1. The van der Waals surface area contributed by atoms with E-state index in [1.807, 2.05) is 0 Å². The van der Waals surface area contributed by atoms with Crippen molar-refractivity contribution < 1.29 is 15.0 Å². The molecular formula is C12H16N2O3. The van der Waals surface area contributed by atoms with E-state index in [2.05, 4.69) is 10.6 Å². The maximum absolute atomic E-state index is 11.5. The molecule has 0 fully saturated rings. The van der Waals surface area contributed by atoms with E-state index in [9.17, 15) is 15.0 Å². The minimum atomic E-state index is -0.985. The van der Waals surface area contributed by atoms with Gasteiger partial charge in [-0.05, 0) is 24.2 Å². The van der Waals surface area contributed by atoms with Crippen LogP contribution in [0.25, 0.3) is 0 Å². The molecule has 1 aromatic carbocycles. The molecule has 0 spiro atoms. The maximum atomic E-state index is 11.5. The van der Waals surface area contributed by atoms with Crippen molar-refractivity contribution in [2.45, 2.75) is 18.8 Å². The van der Waals surface area contributed by atoms with Crippen molar-refractivity contribution in [3.8, 4) is 0 Å². The highest BCUT2D eigenvalue weighted by atomic mass is 16.3. The molecule has 1 heterocycles. The largest absolute Gasteiger partial charge is 0.389 e. The normalized spacial score (nSPS) is 17.5. The van der Waals surface area contributed by atoms with E-state index in [1.54, 1.807) is 25.2 Å². The van der Waals surface area contributed by atoms with Crippen molar-refractivity contribution in [3.05, 3.63) is 34.9 Å². The molecule has 5 nitrogen and oxygen atoms in total. The lowest BCUT2D eigenvalue weighted by Gasteiger charge is -2.18. The van der Waals surface area contributed by atoms with Gasteiger partial charge in [-0.25, -0.2) is 0 Å². The monoisotopic (exact) mass is 236 g/mol. The maximum Gasteiger partial charge on any atom is 0.251 e.